The third-order valence-electron chi connectivity index (χ3n) is 5.85. The van der Waals surface area contributed by atoms with E-state index in [0.717, 1.165) is 11.1 Å². The molecule has 2 N–H and O–H groups in total. The Kier molecular flexibility index (Phi) is 6.36. The molecule has 0 radical (unpaired) electrons. The number of aryl methyl sites for hydroxylation is 1. The molecule has 0 fully saturated rings. The zero-order valence-corrected chi connectivity index (χ0v) is 19.6. The molecule has 0 saturated heterocycles. The molecule has 0 bridgehead atoms. The highest BCUT2D eigenvalue weighted by molar-refractivity contribution is 6.44. The monoisotopic (exact) mass is 484 g/mol. The lowest BCUT2D eigenvalue weighted by Crippen LogP contribution is -2.36. The van der Waals surface area contributed by atoms with Crippen LogP contribution in [0.4, 0.5) is 11.4 Å². The minimum absolute atomic E-state index is 0.165. The molecule has 0 atom stereocenters. The van der Waals surface area contributed by atoms with Crippen molar-refractivity contribution in [3.63, 3.8) is 0 Å². The lowest BCUT2D eigenvalue weighted by Gasteiger charge is -2.23. The van der Waals surface area contributed by atoms with Crippen molar-refractivity contribution in [2.24, 2.45) is 5.10 Å². The second-order valence-corrected chi connectivity index (χ2v) is 8.46. The fourth-order valence-corrected chi connectivity index (χ4v) is 3.99. The lowest BCUT2D eigenvalue weighted by molar-refractivity contribution is -0.118. The first-order chi connectivity index (χ1) is 17.5. The average molecular weight is 485 g/mol. The van der Waals surface area contributed by atoms with Crippen LogP contribution in [0.15, 0.2) is 71.8 Å². The molecule has 36 heavy (non-hydrogen) atoms. The van der Waals surface area contributed by atoms with Crippen LogP contribution in [0, 0.1) is 6.92 Å². The first kappa shape index (κ1) is 23.1. The van der Waals surface area contributed by atoms with Crippen molar-refractivity contribution in [3.8, 4) is 11.5 Å². The van der Waals surface area contributed by atoms with Crippen molar-refractivity contribution in [1.29, 1.82) is 0 Å². The highest BCUT2D eigenvalue weighted by Gasteiger charge is 2.26. The predicted molar refractivity (Wildman–Crippen MR) is 134 cm³/mol. The van der Waals surface area contributed by atoms with Gasteiger partial charge >= 0.3 is 0 Å². The van der Waals surface area contributed by atoms with Gasteiger partial charge in [-0.1, -0.05) is 30.3 Å². The molecule has 2 aliphatic heterocycles. The third-order valence-corrected chi connectivity index (χ3v) is 5.85. The number of carbonyl (C=O) groups is 3. The molecule has 9 heteroatoms. The van der Waals surface area contributed by atoms with E-state index in [-0.39, 0.29) is 43.7 Å². The molecule has 9 nitrogen and oxygen atoms in total. The Balaban J connectivity index is 1.29. The molecule has 0 unspecified atom stereocenters. The van der Waals surface area contributed by atoms with Crippen LogP contribution in [-0.2, 0) is 16.1 Å². The van der Waals surface area contributed by atoms with Crippen LogP contribution in [0.2, 0.25) is 0 Å². The second-order valence-electron chi connectivity index (χ2n) is 8.46. The van der Waals surface area contributed by atoms with Crippen molar-refractivity contribution >= 4 is 34.8 Å². The summed E-state index contributed by atoms with van der Waals surface area (Å²) < 4.78 is 10.7. The van der Waals surface area contributed by atoms with Crippen molar-refractivity contribution in [1.82, 2.24) is 5.32 Å². The van der Waals surface area contributed by atoms with Gasteiger partial charge in [-0.25, -0.2) is 5.01 Å². The number of ether oxygens (including phenoxy) is 2. The summed E-state index contributed by atoms with van der Waals surface area (Å²) in [5, 5.41) is 11.2. The maximum absolute atomic E-state index is 13.0. The number of nitrogens with zero attached hydrogens (tertiary/aromatic N) is 2. The summed E-state index contributed by atoms with van der Waals surface area (Å²) in [5.74, 6) is 0.328. The average Bonchev–Trinajstić information content (AvgIpc) is 3.36. The number of carbonyl (C=O) groups excluding carboxylic acids is 3. The largest absolute Gasteiger partial charge is 0.454 e. The Morgan fingerprint density at radius 2 is 1.78 bits per heavy atom. The van der Waals surface area contributed by atoms with Gasteiger partial charge in [-0.05, 0) is 54.4 Å². The van der Waals surface area contributed by atoms with Crippen LogP contribution in [0.3, 0.4) is 0 Å². The van der Waals surface area contributed by atoms with Crippen LogP contribution in [0.1, 0.15) is 34.3 Å². The van der Waals surface area contributed by atoms with Crippen LogP contribution in [-0.4, -0.2) is 30.2 Å². The van der Waals surface area contributed by atoms with Crippen LogP contribution in [0.25, 0.3) is 0 Å². The quantitative estimate of drug-likeness (QED) is 0.554. The van der Waals surface area contributed by atoms with E-state index >= 15 is 0 Å². The first-order valence-electron chi connectivity index (χ1n) is 11.5. The molecule has 0 aromatic heterocycles. The van der Waals surface area contributed by atoms with E-state index in [1.165, 1.54) is 5.01 Å². The molecule has 182 valence electrons. The van der Waals surface area contributed by atoms with E-state index in [4.69, 9.17) is 9.47 Å². The standard InChI is InChI=1S/C27H24N4O5/c1-17-5-4-6-19(13-17)31-25(32)12-10-22(30-31)27(34)29-21-8-3-2-7-20(21)26(33)28-15-18-9-11-23-24(14-18)36-16-35-23/h2-9,11,13-14H,10,12,15-16H2,1H3,(H,28,33)(H,29,34). The van der Waals surface area contributed by atoms with Crippen LogP contribution < -0.4 is 25.1 Å². The van der Waals surface area contributed by atoms with Crippen molar-refractivity contribution < 1.29 is 23.9 Å². The van der Waals surface area contributed by atoms with Crippen LogP contribution >= 0.6 is 0 Å². The van der Waals surface area contributed by atoms with Gasteiger partial charge in [0.15, 0.2) is 11.5 Å². The Bertz CT molecular complexity index is 1380. The number of anilines is 2. The lowest BCUT2D eigenvalue weighted by atomic mass is 10.1. The van der Waals surface area contributed by atoms with Gasteiger partial charge in [0.25, 0.3) is 11.8 Å². The third kappa shape index (κ3) is 4.90. The Labute approximate surface area is 207 Å². The summed E-state index contributed by atoms with van der Waals surface area (Å²) >= 11 is 0. The minimum atomic E-state index is -0.462. The number of para-hydroxylation sites is 1. The van der Waals surface area contributed by atoms with Gasteiger partial charge in [-0.3, -0.25) is 14.4 Å². The van der Waals surface area contributed by atoms with Crippen molar-refractivity contribution in [2.45, 2.75) is 26.3 Å². The van der Waals surface area contributed by atoms with E-state index in [2.05, 4.69) is 15.7 Å². The van der Waals surface area contributed by atoms with Gasteiger partial charge in [-0.2, -0.15) is 5.10 Å². The number of amides is 3. The summed E-state index contributed by atoms with van der Waals surface area (Å²) in [7, 11) is 0. The van der Waals surface area contributed by atoms with E-state index in [1.807, 2.05) is 37.3 Å². The smallest absolute Gasteiger partial charge is 0.271 e. The predicted octanol–water partition coefficient (Wildman–Crippen LogP) is 3.78. The summed E-state index contributed by atoms with van der Waals surface area (Å²) in [4.78, 5) is 38.4. The molecule has 0 spiro atoms. The normalized spacial score (nSPS) is 14.3. The first-order valence-corrected chi connectivity index (χ1v) is 11.5. The molecular formula is C27H24N4O5. The second kappa shape index (κ2) is 9.91. The van der Waals surface area contributed by atoms with E-state index in [0.29, 0.717) is 28.4 Å². The summed E-state index contributed by atoms with van der Waals surface area (Å²) in [6, 6.07) is 19.6. The number of fused-ring (bicyclic) bond motifs is 1. The molecule has 2 heterocycles. The fourth-order valence-electron chi connectivity index (χ4n) is 3.99. The summed E-state index contributed by atoms with van der Waals surface area (Å²) in [6.45, 7) is 2.38. The Hall–Kier alpha value is -4.66. The van der Waals surface area contributed by atoms with Crippen LogP contribution in [0.5, 0.6) is 11.5 Å². The zero-order chi connectivity index (χ0) is 25.1. The number of nitrogens with one attached hydrogen (secondary N) is 2. The fraction of sp³-hybridized carbons (Fsp3) is 0.185. The van der Waals surface area contributed by atoms with Gasteiger partial charge < -0.3 is 20.1 Å². The van der Waals surface area contributed by atoms with E-state index in [9.17, 15) is 14.4 Å². The number of hydrogen-bond acceptors (Lipinski definition) is 6. The van der Waals surface area contributed by atoms with E-state index in [1.54, 1.807) is 36.4 Å². The van der Waals surface area contributed by atoms with Gasteiger partial charge in [-0.15, -0.1) is 0 Å². The van der Waals surface area contributed by atoms with E-state index < -0.39 is 5.91 Å². The molecule has 3 amide bonds. The van der Waals surface area contributed by atoms with Crippen molar-refractivity contribution in [2.75, 3.05) is 17.1 Å². The van der Waals surface area contributed by atoms with Gasteiger partial charge in [0.05, 0.1) is 16.9 Å². The zero-order valence-electron chi connectivity index (χ0n) is 19.6. The molecule has 3 aromatic carbocycles. The Morgan fingerprint density at radius 3 is 2.64 bits per heavy atom. The molecule has 0 aliphatic carbocycles. The summed E-state index contributed by atoms with van der Waals surface area (Å²) in [6.07, 6.45) is 0.378. The number of hydrazone groups is 1. The van der Waals surface area contributed by atoms with Gasteiger partial charge in [0, 0.05) is 19.4 Å². The highest BCUT2D eigenvalue weighted by Crippen LogP contribution is 2.32. The number of hydrogen-bond donors (Lipinski definition) is 2. The van der Waals surface area contributed by atoms with Gasteiger partial charge in [0.2, 0.25) is 12.7 Å². The molecule has 2 aliphatic rings. The Morgan fingerprint density at radius 1 is 0.944 bits per heavy atom. The summed E-state index contributed by atoms with van der Waals surface area (Å²) in [5.41, 5.74) is 3.32. The number of rotatable bonds is 6. The topological polar surface area (TPSA) is 109 Å². The molecule has 0 saturated carbocycles. The minimum Gasteiger partial charge on any atom is -0.454 e. The number of benzene rings is 3. The molecule has 3 aromatic rings. The maximum atomic E-state index is 13.0. The highest BCUT2D eigenvalue weighted by atomic mass is 16.7. The maximum Gasteiger partial charge on any atom is 0.271 e. The van der Waals surface area contributed by atoms with Crippen molar-refractivity contribution in [3.05, 3.63) is 83.4 Å². The van der Waals surface area contributed by atoms with Gasteiger partial charge in [0.1, 0.15) is 5.71 Å². The molecular weight excluding hydrogens is 460 g/mol. The molecule has 5 rings (SSSR count). The SMILES string of the molecule is Cc1cccc(N2N=C(C(=O)Nc3ccccc3C(=O)NCc3ccc4c(c3)OCO4)CCC2=O)c1.